The van der Waals surface area contributed by atoms with E-state index in [-0.39, 0.29) is 0 Å². The fourth-order valence-corrected chi connectivity index (χ4v) is 2.41. The first-order chi connectivity index (χ1) is 9.65. The number of hydrogen-bond donors (Lipinski definition) is 1. The SMILES string of the molecule is CCC(CCNC)c1nc(C)c(-c2ccc(Cl)cc2)o1. The summed E-state index contributed by atoms with van der Waals surface area (Å²) in [5, 5.41) is 3.91. The Balaban J connectivity index is 2.26. The summed E-state index contributed by atoms with van der Waals surface area (Å²) in [7, 11) is 1.96. The van der Waals surface area contributed by atoms with Crippen LogP contribution in [0.5, 0.6) is 0 Å². The van der Waals surface area contributed by atoms with E-state index < -0.39 is 0 Å². The van der Waals surface area contributed by atoms with Gasteiger partial charge in [-0.3, -0.25) is 0 Å². The van der Waals surface area contributed by atoms with Crippen molar-refractivity contribution in [1.29, 1.82) is 0 Å². The summed E-state index contributed by atoms with van der Waals surface area (Å²) < 4.78 is 6.01. The van der Waals surface area contributed by atoms with Crippen molar-refractivity contribution in [2.45, 2.75) is 32.6 Å². The number of aryl methyl sites for hydroxylation is 1. The molecule has 4 heteroatoms. The molecule has 0 aliphatic rings. The van der Waals surface area contributed by atoms with Crippen LogP contribution in [0.1, 0.15) is 37.3 Å². The highest BCUT2D eigenvalue weighted by Crippen LogP contribution is 2.30. The quantitative estimate of drug-likeness (QED) is 0.857. The van der Waals surface area contributed by atoms with Crippen molar-refractivity contribution in [2.75, 3.05) is 13.6 Å². The monoisotopic (exact) mass is 292 g/mol. The number of oxazole rings is 1. The van der Waals surface area contributed by atoms with Crippen LogP contribution >= 0.6 is 11.6 Å². The van der Waals surface area contributed by atoms with E-state index in [9.17, 15) is 0 Å². The summed E-state index contributed by atoms with van der Waals surface area (Å²) in [6, 6.07) is 7.68. The Bertz CT molecular complexity index is 548. The lowest BCUT2D eigenvalue weighted by molar-refractivity contribution is 0.427. The molecule has 0 bridgehead atoms. The largest absolute Gasteiger partial charge is 0.440 e. The molecule has 1 unspecified atom stereocenters. The second-order valence-corrected chi connectivity index (χ2v) is 5.41. The van der Waals surface area contributed by atoms with Crippen molar-refractivity contribution in [3.05, 3.63) is 40.9 Å². The molecule has 1 aromatic carbocycles. The van der Waals surface area contributed by atoms with E-state index in [0.29, 0.717) is 5.92 Å². The summed E-state index contributed by atoms with van der Waals surface area (Å²) in [6.45, 7) is 5.12. The molecule has 2 rings (SSSR count). The lowest BCUT2D eigenvalue weighted by Crippen LogP contribution is -2.12. The van der Waals surface area contributed by atoms with Crippen LogP contribution in [0.25, 0.3) is 11.3 Å². The van der Waals surface area contributed by atoms with Gasteiger partial charge in [0.25, 0.3) is 0 Å². The normalized spacial score (nSPS) is 12.6. The Hall–Kier alpha value is -1.32. The van der Waals surface area contributed by atoms with Gasteiger partial charge in [0.2, 0.25) is 0 Å². The first-order valence-electron chi connectivity index (χ1n) is 7.03. The summed E-state index contributed by atoms with van der Waals surface area (Å²) in [5.41, 5.74) is 1.96. The van der Waals surface area contributed by atoms with Gasteiger partial charge in [-0.05, 0) is 57.6 Å². The van der Waals surface area contributed by atoms with Crippen LogP contribution in [0.3, 0.4) is 0 Å². The second kappa shape index (κ2) is 6.91. The lowest BCUT2D eigenvalue weighted by atomic mass is 10.0. The Morgan fingerprint density at radius 2 is 2.00 bits per heavy atom. The minimum Gasteiger partial charge on any atom is -0.440 e. The molecule has 0 radical (unpaired) electrons. The molecule has 0 saturated heterocycles. The first kappa shape index (κ1) is 15.1. The average Bonchev–Trinajstić information content (AvgIpc) is 2.82. The van der Waals surface area contributed by atoms with Gasteiger partial charge < -0.3 is 9.73 Å². The first-order valence-corrected chi connectivity index (χ1v) is 7.41. The molecule has 1 atom stereocenters. The molecule has 108 valence electrons. The number of nitrogens with zero attached hydrogens (tertiary/aromatic N) is 1. The third kappa shape index (κ3) is 3.41. The van der Waals surface area contributed by atoms with Crippen LogP contribution in [-0.2, 0) is 0 Å². The minimum atomic E-state index is 0.363. The van der Waals surface area contributed by atoms with Crippen molar-refractivity contribution in [3.63, 3.8) is 0 Å². The van der Waals surface area contributed by atoms with Crippen LogP contribution in [0.15, 0.2) is 28.7 Å². The van der Waals surface area contributed by atoms with E-state index in [1.807, 2.05) is 38.2 Å². The van der Waals surface area contributed by atoms with Crippen molar-refractivity contribution in [3.8, 4) is 11.3 Å². The number of rotatable bonds is 6. The van der Waals surface area contributed by atoms with Gasteiger partial charge in [0.15, 0.2) is 11.7 Å². The van der Waals surface area contributed by atoms with Gasteiger partial charge in [-0.1, -0.05) is 18.5 Å². The van der Waals surface area contributed by atoms with Gasteiger partial charge in [-0.2, -0.15) is 0 Å². The minimum absolute atomic E-state index is 0.363. The molecule has 1 heterocycles. The van der Waals surface area contributed by atoms with E-state index in [1.54, 1.807) is 0 Å². The van der Waals surface area contributed by atoms with Crippen LogP contribution in [-0.4, -0.2) is 18.6 Å². The zero-order valence-corrected chi connectivity index (χ0v) is 13.0. The summed E-state index contributed by atoms with van der Waals surface area (Å²) in [6.07, 6.45) is 2.06. The number of halogens is 1. The summed E-state index contributed by atoms with van der Waals surface area (Å²) in [5.74, 6) is 2.05. The van der Waals surface area contributed by atoms with Crippen LogP contribution in [0, 0.1) is 6.92 Å². The van der Waals surface area contributed by atoms with Gasteiger partial charge in [-0.15, -0.1) is 0 Å². The molecule has 0 aliphatic carbocycles. The van der Waals surface area contributed by atoms with Crippen LogP contribution in [0.2, 0.25) is 5.02 Å². The Morgan fingerprint density at radius 1 is 1.30 bits per heavy atom. The predicted molar refractivity (Wildman–Crippen MR) is 83.3 cm³/mol. The highest BCUT2D eigenvalue weighted by Gasteiger charge is 2.18. The van der Waals surface area contributed by atoms with Gasteiger partial charge in [0.1, 0.15) is 0 Å². The van der Waals surface area contributed by atoms with E-state index in [4.69, 9.17) is 16.0 Å². The summed E-state index contributed by atoms with van der Waals surface area (Å²) >= 11 is 5.92. The fourth-order valence-electron chi connectivity index (χ4n) is 2.28. The van der Waals surface area contributed by atoms with Gasteiger partial charge >= 0.3 is 0 Å². The summed E-state index contributed by atoms with van der Waals surface area (Å²) in [4.78, 5) is 4.61. The van der Waals surface area contributed by atoms with Crippen molar-refractivity contribution < 1.29 is 4.42 Å². The van der Waals surface area contributed by atoms with E-state index in [2.05, 4.69) is 17.2 Å². The molecule has 1 N–H and O–H groups in total. The van der Waals surface area contributed by atoms with Crippen LogP contribution in [0.4, 0.5) is 0 Å². The maximum absolute atomic E-state index is 6.01. The second-order valence-electron chi connectivity index (χ2n) is 4.97. The average molecular weight is 293 g/mol. The van der Waals surface area contributed by atoms with Crippen molar-refractivity contribution >= 4 is 11.6 Å². The molecular formula is C16H21ClN2O. The Morgan fingerprint density at radius 3 is 2.60 bits per heavy atom. The smallest absolute Gasteiger partial charge is 0.198 e. The topological polar surface area (TPSA) is 38.1 Å². The highest BCUT2D eigenvalue weighted by atomic mass is 35.5. The van der Waals surface area contributed by atoms with Crippen molar-refractivity contribution in [2.24, 2.45) is 0 Å². The molecule has 20 heavy (non-hydrogen) atoms. The molecule has 0 amide bonds. The Labute approximate surface area is 125 Å². The Kier molecular flexibility index (Phi) is 5.21. The van der Waals surface area contributed by atoms with E-state index in [1.165, 1.54) is 0 Å². The molecule has 2 aromatic rings. The third-order valence-electron chi connectivity index (χ3n) is 3.50. The molecule has 0 spiro atoms. The lowest BCUT2D eigenvalue weighted by Gasteiger charge is -2.09. The van der Waals surface area contributed by atoms with Crippen LogP contribution < -0.4 is 5.32 Å². The zero-order valence-electron chi connectivity index (χ0n) is 12.2. The maximum Gasteiger partial charge on any atom is 0.198 e. The number of aromatic nitrogens is 1. The zero-order chi connectivity index (χ0) is 14.5. The third-order valence-corrected chi connectivity index (χ3v) is 3.76. The number of hydrogen-bond acceptors (Lipinski definition) is 3. The number of benzene rings is 1. The molecule has 0 fully saturated rings. The van der Waals surface area contributed by atoms with Gasteiger partial charge in [-0.25, -0.2) is 4.98 Å². The van der Waals surface area contributed by atoms with Crippen molar-refractivity contribution in [1.82, 2.24) is 10.3 Å². The molecule has 0 saturated carbocycles. The maximum atomic E-state index is 6.01. The molecule has 3 nitrogen and oxygen atoms in total. The predicted octanol–water partition coefficient (Wildman–Crippen LogP) is 4.41. The standard InChI is InChI=1S/C16H21ClN2O/c1-4-12(9-10-18-3)16-19-11(2)15(20-16)13-5-7-14(17)8-6-13/h5-8,12,18H,4,9-10H2,1-3H3. The molecular weight excluding hydrogens is 272 g/mol. The number of nitrogens with one attached hydrogen (secondary N) is 1. The molecule has 0 aliphatic heterocycles. The highest BCUT2D eigenvalue weighted by molar-refractivity contribution is 6.30. The van der Waals surface area contributed by atoms with Gasteiger partial charge in [0.05, 0.1) is 5.69 Å². The molecule has 1 aromatic heterocycles. The van der Waals surface area contributed by atoms with E-state index >= 15 is 0 Å². The fraction of sp³-hybridized carbons (Fsp3) is 0.438. The van der Waals surface area contributed by atoms with Gasteiger partial charge in [0, 0.05) is 16.5 Å². The van der Waals surface area contributed by atoms with E-state index in [0.717, 1.165) is 47.3 Å².